The molecule has 0 aliphatic heterocycles. The fourth-order valence-corrected chi connectivity index (χ4v) is 3.81. The summed E-state index contributed by atoms with van der Waals surface area (Å²) in [4.78, 5) is 0. The van der Waals surface area contributed by atoms with Crippen LogP contribution in [0.2, 0.25) is 0 Å². The van der Waals surface area contributed by atoms with Crippen LogP contribution in [0, 0.1) is 0 Å². The summed E-state index contributed by atoms with van der Waals surface area (Å²) in [5.74, 6) is 0.0559. The Morgan fingerprint density at radius 1 is 1.08 bits per heavy atom. The molecule has 24 heavy (non-hydrogen) atoms. The molecular weight excluding hydrogens is 302 g/mol. The average Bonchev–Trinajstić information content (AvgIpc) is 2.61. The van der Waals surface area contributed by atoms with Gasteiger partial charge in [-0.25, -0.2) is 4.39 Å². The Bertz CT molecular complexity index is 685. The predicted molar refractivity (Wildman–Crippen MR) is 97.2 cm³/mol. The van der Waals surface area contributed by atoms with Crippen molar-refractivity contribution in [2.45, 2.75) is 51.1 Å². The fraction of sp³-hybridized carbons (Fsp3) is 0.400. The summed E-state index contributed by atoms with van der Waals surface area (Å²) in [7, 11) is -1.55. The van der Waals surface area contributed by atoms with Crippen molar-refractivity contribution < 1.29 is 14.4 Å². The molecule has 1 aliphatic carbocycles. The SMILES string of the molecule is CCc1ccc(-c2cccc(C3CCCC(F)C3)c2B(O)O)cc1. The van der Waals surface area contributed by atoms with Gasteiger partial charge in [0, 0.05) is 0 Å². The van der Waals surface area contributed by atoms with Crippen molar-refractivity contribution in [1.82, 2.24) is 0 Å². The molecule has 0 heterocycles. The van der Waals surface area contributed by atoms with Crippen LogP contribution in [0.5, 0.6) is 0 Å². The highest BCUT2D eigenvalue weighted by molar-refractivity contribution is 6.61. The standard InChI is InChI=1S/C20H24BFO2/c1-2-14-9-11-15(12-10-14)18-7-4-8-19(20(18)21(23)24)16-5-3-6-17(22)13-16/h4,7-12,16-17,23-24H,2-3,5-6,13H2,1H3. The van der Waals surface area contributed by atoms with Crippen molar-refractivity contribution in [2.24, 2.45) is 0 Å². The Labute approximate surface area is 143 Å². The van der Waals surface area contributed by atoms with Crippen LogP contribution in [0.4, 0.5) is 4.39 Å². The summed E-state index contributed by atoms with van der Waals surface area (Å²) in [5, 5.41) is 20.0. The smallest absolute Gasteiger partial charge is 0.423 e. The third kappa shape index (κ3) is 3.55. The minimum atomic E-state index is -1.55. The van der Waals surface area contributed by atoms with E-state index < -0.39 is 13.3 Å². The maximum atomic E-state index is 13.8. The van der Waals surface area contributed by atoms with E-state index in [0.29, 0.717) is 18.3 Å². The van der Waals surface area contributed by atoms with Crippen LogP contribution in [0.1, 0.15) is 49.7 Å². The first-order valence-electron chi connectivity index (χ1n) is 8.82. The molecule has 2 unspecified atom stereocenters. The van der Waals surface area contributed by atoms with Crippen LogP contribution in [-0.2, 0) is 6.42 Å². The van der Waals surface area contributed by atoms with Gasteiger partial charge in [-0.1, -0.05) is 49.4 Å². The molecule has 2 aromatic carbocycles. The van der Waals surface area contributed by atoms with Gasteiger partial charge < -0.3 is 10.0 Å². The molecule has 2 nitrogen and oxygen atoms in total. The lowest BCUT2D eigenvalue weighted by Gasteiger charge is -2.28. The molecule has 0 amide bonds. The second kappa shape index (κ2) is 7.50. The molecule has 0 bridgehead atoms. The Balaban J connectivity index is 2.04. The molecule has 0 saturated heterocycles. The van der Waals surface area contributed by atoms with Gasteiger partial charge in [-0.15, -0.1) is 0 Å². The zero-order valence-electron chi connectivity index (χ0n) is 14.1. The first-order chi connectivity index (χ1) is 11.6. The van der Waals surface area contributed by atoms with E-state index >= 15 is 0 Å². The largest absolute Gasteiger partial charge is 0.489 e. The van der Waals surface area contributed by atoms with Gasteiger partial charge in [0.05, 0.1) is 0 Å². The molecule has 0 radical (unpaired) electrons. The lowest BCUT2D eigenvalue weighted by molar-refractivity contribution is 0.231. The maximum Gasteiger partial charge on any atom is 0.489 e. The molecule has 3 rings (SSSR count). The van der Waals surface area contributed by atoms with Gasteiger partial charge in [0.2, 0.25) is 0 Å². The summed E-state index contributed by atoms with van der Waals surface area (Å²) < 4.78 is 13.8. The normalized spacial score (nSPS) is 20.8. The number of halogens is 1. The molecule has 1 fully saturated rings. The Kier molecular flexibility index (Phi) is 5.37. The topological polar surface area (TPSA) is 40.5 Å². The van der Waals surface area contributed by atoms with Gasteiger partial charge in [0.1, 0.15) is 6.17 Å². The van der Waals surface area contributed by atoms with E-state index in [-0.39, 0.29) is 5.92 Å². The van der Waals surface area contributed by atoms with Crippen molar-refractivity contribution >= 4 is 12.6 Å². The van der Waals surface area contributed by atoms with Crippen LogP contribution < -0.4 is 5.46 Å². The van der Waals surface area contributed by atoms with Crippen LogP contribution in [0.3, 0.4) is 0 Å². The molecule has 1 saturated carbocycles. The molecule has 126 valence electrons. The highest BCUT2D eigenvalue weighted by atomic mass is 19.1. The van der Waals surface area contributed by atoms with E-state index in [1.54, 1.807) is 0 Å². The molecule has 2 aromatic rings. The number of hydrogen-bond acceptors (Lipinski definition) is 2. The fourth-order valence-electron chi connectivity index (χ4n) is 3.81. The summed E-state index contributed by atoms with van der Waals surface area (Å²) in [5.41, 5.74) is 4.44. The van der Waals surface area contributed by atoms with Crippen molar-refractivity contribution in [3.05, 3.63) is 53.6 Å². The Morgan fingerprint density at radius 3 is 2.46 bits per heavy atom. The zero-order chi connectivity index (χ0) is 17.1. The summed E-state index contributed by atoms with van der Waals surface area (Å²) in [6.45, 7) is 2.11. The second-order valence-corrected chi connectivity index (χ2v) is 6.69. The molecule has 0 aromatic heterocycles. The second-order valence-electron chi connectivity index (χ2n) is 6.69. The van der Waals surface area contributed by atoms with Crippen molar-refractivity contribution in [1.29, 1.82) is 0 Å². The third-order valence-electron chi connectivity index (χ3n) is 5.12. The van der Waals surface area contributed by atoms with E-state index in [4.69, 9.17) is 0 Å². The molecule has 4 heteroatoms. The van der Waals surface area contributed by atoms with Crippen molar-refractivity contribution in [2.75, 3.05) is 0 Å². The Morgan fingerprint density at radius 2 is 1.83 bits per heavy atom. The van der Waals surface area contributed by atoms with Gasteiger partial charge in [-0.2, -0.15) is 0 Å². The van der Waals surface area contributed by atoms with Crippen LogP contribution >= 0.6 is 0 Å². The van der Waals surface area contributed by atoms with E-state index in [1.165, 1.54) is 5.56 Å². The van der Waals surface area contributed by atoms with E-state index in [9.17, 15) is 14.4 Å². The van der Waals surface area contributed by atoms with Crippen LogP contribution in [0.15, 0.2) is 42.5 Å². The van der Waals surface area contributed by atoms with Gasteiger partial charge in [0.15, 0.2) is 0 Å². The lowest BCUT2D eigenvalue weighted by atomic mass is 9.68. The van der Waals surface area contributed by atoms with Gasteiger partial charge >= 0.3 is 7.12 Å². The minimum absolute atomic E-state index is 0.0559. The highest BCUT2D eigenvalue weighted by Gasteiger charge is 2.29. The number of hydrogen-bond donors (Lipinski definition) is 2. The monoisotopic (exact) mass is 326 g/mol. The minimum Gasteiger partial charge on any atom is -0.423 e. The van der Waals surface area contributed by atoms with E-state index in [0.717, 1.165) is 36.0 Å². The third-order valence-corrected chi connectivity index (χ3v) is 5.12. The predicted octanol–water partition coefficient (Wildman–Crippen LogP) is 3.59. The van der Waals surface area contributed by atoms with E-state index in [1.807, 2.05) is 30.3 Å². The molecule has 2 atom stereocenters. The quantitative estimate of drug-likeness (QED) is 0.843. The molecular formula is C20H24BFO2. The summed E-state index contributed by atoms with van der Waals surface area (Å²) >= 11 is 0. The average molecular weight is 326 g/mol. The van der Waals surface area contributed by atoms with Gasteiger partial charge in [-0.05, 0) is 65.7 Å². The maximum absolute atomic E-state index is 13.8. The molecule has 1 aliphatic rings. The highest BCUT2D eigenvalue weighted by Crippen LogP contribution is 2.35. The zero-order valence-corrected chi connectivity index (χ0v) is 14.1. The summed E-state index contributed by atoms with van der Waals surface area (Å²) in [6.07, 6.45) is 3.01. The van der Waals surface area contributed by atoms with Crippen molar-refractivity contribution in [3.63, 3.8) is 0 Å². The first-order valence-corrected chi connectivity index (χ1v) is 8.82. The Hall–Kier alpha value is -1.65. The number of rotatable bonds is 4. The molecule has 2 N–H and O–H groups in total. The van der Waals surface area contributed by atoms with Crippen LogP contribution in [-0.4, -0.2) is 23.3 Å². The first kappa shape index (κ1) is 17.2. The molecule has 0 spiro atoms. The van der Waals surface area contributed by atoms with Crippen LogP contribution in [0.25, 0.3) is 11.1 Å². The van der Waals surface area contributed by atoms with E-state index in [2.05, 4.69) is 19.1 Å². The van der Waals surface area contributed by atoms with Gasteiger partial charge in [-0.3, -0.25) is 0 Å². The number of alkyl halides is 1. The van der Waals surface area contributed by atoms with Crippen molar-refractivity contribution in [3.8, 4) is 11.1 Å². The summed E-state index contributed by atoms with van der Waals surface area (Å²) in [6, 6.07) is 13.9. The number of benzene rings is 2. The van der Waals surface area contributed by atoms with Gasteiger partial charge in [0.25, 0.3) is 0 Å². The number of aryl methyl sites for hydroxylation is 1. The lowest BCUT2D eigenvalue weighted by Crippen LogP contribution is -2.36.